The van der Waals surface area contributed by atoms with Crippen LogP contribution in [0.5, 0.6) is 0 Å². The van der Waals surface area contributed by atoms with Gasteiger partial charge in [0.25, 0.3) is 0 Å². The maximum Gasteiger partial charge on any atom is 0.355 e. The minimum atomic E-state index is -3.72. The predicted octanol–water partition coefficient (Wildman–Crippen LogP) is 4.99. The van der Waals surface area contributed by atoms with Gasteiger partial charge >= 0.3 is 7.60 Å². The van der Waals surface area contributed by atoms with E-state index < -0.39 is 28.7 Å². The topological polar surface area (TPSA) is 84.9 Å². The average Bonchev–Trinajstić information content (AvgIpc) is 2.75. The highest BCUT2D eigenvalue weighted by Gasteiger charge is 2.53. The molecule has 2 aromatic carbocycles. The number of benzene rings is 2. The van der Waals surface area contributed by atoms with Crippen LogP contribution in [-0.2, 0) is 23.6 Å². The molecule has 1 aliphatic rings. The van der Waals surface area contributed by atoms with E-state index in [1.54, 1.807) is 50.2 Å². The van der Waals surface area contributed by atoms with Crippen LogP contribution in [0.1, 0.15) is 32.3 Å². The number of aryl methyl sites for hydroxylation is 1. The highest BCUT2D eigenvalue weighted by Crippen LogP contribution is 2.63. The minimum Gasteiger partial charge on any atom is -0.369 e. The number of rotatable bonds is 9. The molecule has 176 valence electrons. The van der Waals surface area contributed by atoms with Crippen molar-refractivity contribution in [2.24, 2.45) is 0 Å². The average molecular weight is 485 g/mol. The van der Waals surface area contributed by atoms with Crippen molar-refractivity contribution >= 4 is 23.3 Å². The number of sulfonamides is 1. The third-order valence-electron chi connectivity index (χ3n) is 5.53. The van der Waals surface area contributed by atoms with E-state index in [4.69, 9.17) is 9.05 Å². The van der Waals surface area contributed by atoms with Gasteiger partial charge < -0.3 is 14.4 Å². The van der Waals surface area contributed by atoms with Crippen LogP contribution in [-0.4, -0.2) is 44.3 Å². The summed E-state index contributed by atoms with van der Waals surface area (Å²) in [7, 11) is -7.42. The highest BCUT2D eigenvalue weighted by atomic mass is 32.2. The van der Waals surface area contributed by atoms with E-state index in [2.05, 4.69) is 5.32 Å². The zero-order valence-corrected chi connectivity index (χ0v) is 20.3. The van der Waals surface area contributed by atoms with Gasteiger partial charge in [-0.3, -0.25) is 4.57 Å². The molecule has 1 N–H and O–H groups in total. The molecule has 0 radical (unpaired) electrons. The summed E-state index contributed by atoms with van der Waals surface area (Å²) < 4.78 is 66.6. The molecular formula is C22H30FN2O5PS. The fraction of sp³-hybridized carbons (Fsp3) is 0.455. The van der Waals surface area contributed by atoms with Crippen LogP contribution < -0.4 is 5.32 Å². The minimum absolute atomic E-state index is 0.114. The van der Waals surface area contributed by atoms with Crippen molar-refractivity contribution in [2.45, 2.75) is 43.8 Å². The molecule has 1 heterocycles. The Balaban J connectivity index is 1.92. The van der Waals surface area contributed by atoms with E-state index in [0.29, 0.717) is 5.69 Å². The zero-order chi connectivity index (χ0) is 23.4. The summed E-state index contributed by atoms with van der Waals surface area (Å²) in [6.45, 7) is 5.88. The van der Waals surface area contributed by atoms with Gasteiger partial charge in [0, 0.05) is 18.8 Å². The summed E-state index contributed by atoms with van der Waals surface area (Å²) in [5.41, 5.74) is 1.40. The van der Waals surface area contributed by atoms with Gasteiger partial charge in [-0.2, -0.15) is 4.31 Å². The molecule has 0 bridgehead atoms. The van der Waals surface area contributed by atoms with Crippen molar-refractivity contribution in [1.29, 1.82) is 0 Å². The number of hydrogen-bond donors (Lipinski definition) is 1. The van der Waals surface area contributed by atoms with E-state index in [0.717, 1.165) is 5.56 Å². The lowest BCUT2D eigenvalue weighted by Gasteiger charge is -2.45. The van der Waals surface area contributed by atoms with E-state index in [-0.39, 0.29) is 44.0 Å². The summed E-state index contributed by atoms with van der Waals surface area (Å²) >= 11 is 0. The van der Waals surface area contributed by atoms with Crippen LogP contribution in [0.2, 0.25) is 0 Å². The molecule has 0 aliphatic carbocycles. The number of halogens is 1. The summed E-state index contributed by atoms with van der Waals surface area (Å²) in [6, 6.07) is 12.5. The fourth-order valence-corrected chi connectivity index (χ4v) is 7.59. The monoisotopic (exact) mass is 484 g/mol. The lowest BCUT2D eigenvalue weighted by atomic mass is 10.1. The van der Waals surface area contributed by atoms with Crippen LogP contribution in [0, 0.1) is 12.7 Å². The van der Waals surface area contributed by atoms with Gasteiger partial charge in [0.15, 0.2) is 0 Å². The SMILES string of the molecule is CCOP(=O)(OCC)C1(Nc2cccc(F)c2)CCN(S(=O)(=O)c2ccc(C)cc2)CC1. The first-order chi connectivity index (χ1) is 15.2. The summed E-state index contributed by atoms with van der Waals surface area (Å²) in [5, 5.41) is 2.00. The van der Waals surface area contributed by atoms with E-state index in [9.17, 15) is 17.4 Å². The lowest BCUT2D eigenvalue weighted by Crippen LogP contribution is -2.51. The molecule has 0 atom stereocenters. The van der Waals surface area contributed by atoms with Crippen molar-refractivity contribution in [3.8, 4) is 0 Å². The maximum absolute atomic E-state index is 13.9. The Bertz CT molecular complexity index is 1060. The number of anilines is 1. The zero-order valence-electron chi connectivity index (χ0n) is 18.6. The second-order valence-corrected chi connectivity index (χ2v) is 12.0. The van der Waals surface area contributed by atoms with Gasteiger partial charge in [-0.1, -0.05) is 23.8 Å². The lowest BCUT2D eigenvalue weighted by molar-refractivity contribution is 0.179. The van der Waals surface area contributed by atoms with Gasteiger partial charge in [-0.25, -0.2) is 12.8 Å². The third kappa shape index (κ3) is 5.07. The normalized spacial score (nSPS) is 17.2. The largest absolute Gasteiger partial charge is 0.369 e. The Hall–Kier alpha value is -1.77. The molecular weight excluding hydrogens is 454 g/mol. The standard InChI is InChI=1S/C22H30FN2O5PS/c1-4-29-31(26,30-5-2)22(24-20-8-6-7-19(23)17-20)13-15-25(16-14-22)32(27,28)21-11-9-18(3)10-12-21/h6-12,17,24H,4-5,13-16H2,1-3H3. The number of piperidine rings is 1. The highest BCUT2D eigenvalue weighted by molar-refractivity contribution is 7.89. The molecule has 1 fully saturated rings. The Morgan fingerprint density at radius 3 is 2.19 bits per heavy atom. The van der Waals surface area contributed by atoms with Crippen molar-refractivity contribution in [3.05, 3.63) is 59.9 Å². The summed E-state index contributed by atoms with van der Waals surface area (Å²) in [6.07, 6.45) is 0.345. The Labute approximate surface area is 189 Å². The first kappa shape index (κ1) is 24.9. The number of nitrogens with one attached hydrogen (secondary N) is 1. The Kier molecular flexibility index (Phi) is 7.78. The van der Waals surface area contributed by atoms with Crippen LogP contribution in [0.3, 0.4) is 0 Å². The van der Waals surface area contributed by atoms with Crippen molar-refractivity contribution in [3.63, 3.8) is 0 Å². The van der Waals surface area contributed by atoms with Gasteiger partial charge in [0.2, 0.25) is 10.0 Å². The smallest absolute Gasteiger partial charge is 0.355 e. The van der Waals surface area contributed by atoms with Crippen molar-refractivity contribution in [2.75, 3.05) is 31.6 Å². The van der Waals surface area contributed by atoms with E-state index in [1.807, 2.05) is 6.92 Å². The predicted molar refractivity (Wildman–Crippen MR) is 123 cm³/mol. The summed E-state index contributed by atoms with van der Waals surface area (Å²) in [5.74, 6) is -0.438. The summed E-state index contributed by atoms with van der Waals surface area (Å²) in [4.78, 5) is 0.214. The van der Waals surface area contributed by atoms with Gasteiger partial charge in [-0.05, 0) is 63.9 Å². The second-order valence-electron chi connectivity index (χ2n) is 7.72. The second kappa shape index (κ2) is 10.0. The molecule has 2 aromatic rings. The molecule has 0 amide bonds. The maximum atomic E-state index is 13.9. The van der Waals surface area contributed by atoms with Crippen molar-refractivity contribution in [1.82, 2.24) is 4.31 Å². The third-order valence-corrected chi connectivity index (χ3v) is 10.2. The van der Waals surface area contributed by atoms with Gasteiger partial charge in [0.1, 0.15) is 11.1 Å². The van der Waals surface area contributed by atoms with E-state index >= 15 is 0 Å². The fourth-order valence-electron chi connectivity index (χ4n) is 3.88. The van der Waals surface area contributed by atoms with Crippen LogP contribution in [0.4, 0.5) is 10.1 Å². The number of hydrogen-bond acceptors (Lipinski definition) is 6. The van der Waals surface area contributed by atoms with E-state index in [1.165, 1.54) is 16.4 Å². The Morgan fingerprint density at radius 1 is 1.06 bits per heavy atom. The molecule has 0 saturated carbocycles. The quantitative estimate of drug-likeness (QED) is 0.505. The number of nitrogens with zero attached hydrogens (tertiary/aromatic N) is 1. The van der Waals surface area contributed by atoms with Gasteiger partial charge in [-0.15, -0.1) is 0 Å². The van der Waals surface area contributed by atoms with Crippen LogP contribution in [0.15, 0.2) is 53.4 Å². The molecule has 7 nitrogen and oxygen atoms in total. The first-order valence-corrected chi connectivity index (χ1v) is 13.6. The first-order valence-electron chi connectivity index (χ1n) is 10.7. The van der Waals surface area contributed by atoms with Crippen molar-refractivity contribution < 1.29 is 26.4 Å². The molecule has 1 aliphatic heterocycles. The molecule has 0 unspecified atom stereocenters. The molecule has 10 heteroatoms. The Morgan fingerprint density at radius 2 is 1.66 bits per heavy atom. The van der Waals surface area contributed by atoms with Crippen LogP contribution in [0.25, 0.3) is 0 Å². The van der Waals surface area contributed by atoms with Crippen LogP contribution >= 0.6 is 7.60 Å². The molecule has 3 rings (SSSR count). The molecule has 32 heavy (non-hydrogen) atoms. The molecule has 1 saturated heterocycles. The van der Waals surface area contributed by atoms with Gasteiger partial charge in [0.05, 0.1) is 18.1 Å². The molecule has 0 aromatic heterocycles. The molecule has 0 spiro atoms.